The van der Waals surface area contributed by atoms with Crippen molar-refractivity contribution >= 4 is 11.5 Å². The summed E-state index contributed by atoms with van der Waals surface area (Å²) in [6, 6.07) is 5.21. The maximum absolute atomic E-state index is 13.4. The van der Waals surface area contributed by atoms with Crippen molar-refractivity contribution in [3.05, 3.63) is 29.6 Å². The van der Waals surface area contributed by atoms with Crippen molar-refractivity contribution in [3.8, 4) is 0 Å². The molecule has 1 aromatic carbocycles. The third kappa shape index (κ3) is 2.39. The van der Waals surface area contributed by atoms with E-state index < -0.39 is 0 Å². The van der Waals surface area contributed by atoms with Gasteiger partial charge in [-0.05, 0) is 49.8 Å². The highest BCUT2D eigenvalue weighted by molar-refractivity contribution is 6.00. The van der Waals surface area contributed by atoms with E-state index in [9.17, 15) is 4.39 Å². The molecule has 0 amide bonds. The molecule has 4 heteroatoms. The Kier molecular flexibility index (Phi) is 3.64. The molecule has 1 aliphatic heterocycles. The molecule has 1 aliphatic carbocycles. The third-order valence-corrected chi connectivity index (χ3v) is 4.80. The van der Waals surface area contributed by atoms with Crippen LogP contribution in [0, 0.1) is 17.1 Å². The van der Waals surface area contributed by atoms with Gasteiger partial charge in [-0.15, -0.1) is 0 Å². The molecule has 0 aromatic heterocycles. The molecule has 0 spiro atoms. The lowest BCUT2D eigenvalue weighted by Gasteiger charge is -2.46. The highest BCUT2D eigenvalue weighted by Gasteiger charge is 2.34. The van der Waals surface area contributed by atoms with Gasteiger partial charge in [0, 0.05) is 23.8 Å². The van der Waals surface area contributed by atoms with Crippen molar-refractivity contribution in [2.24, 2.45) is 11.7 Å². The fourth-order valence-electron chi connectivity index (χ4n) is 3.90. The van der Waals surface area contributed by atoms with Gasteiger partial charge in [0.05, 0.1) is 0 Å². The highest BCUT2D eigenvalue weighted by Crippen LogP contribution is 2.38. The summed E-state index contributed by atoms with van der Waals surface area (Å²) in [5.74, 6) is 0.385. The molecule has 3 rings (SSSR count). The largest absolute Gasteiger partial charge is 0.384 e. The van der Waals surface area contributed by atoms with E-state index in [0.29, 0.717) is 11.6 Å². The van der Waals surface area contributed by atoms with Crippen LogP contribution < -0.4 is 10.6 Å². The zero-order valence-corrected chi connectivity index (χ0v) is 11.7. The first kappa shape index (κ1) is 13.4. The SMILES string of the molecule is N=C(N)c1cc(F)ccc1N1CCCC2CCCCC21. The number of nitrogens with two attached hydrogens (primary N) is 1. The maximum Gasteiger partial charge on any atom is 0.125 e. The minimum absolute atomic E-state index is 0.0440. The fourth-order valence-corrected chi connectivity index (χ4v) is 3.90. The molecule has 20 heavy (non-hydrogen) atoms. The molecule has 1 saturated heterocycles. The number of halogens is 1. The molecule has 0 radical (unpaired) electrons. The molecule has 1 heterocycles. The Balaban J connectivity index is 1.96. The van der Waals surface area contributed by atoms with Crippen molar-refractivity contribution in [2.75, 3.05) is 11.4 Å². The number of nitrogens with zero attached hydrogens (tertiary/aromatic N) is 1. The number of hydrogen-bond donors (Lipinski definition) is 2. The second-order valence-electron chi connectivity index (χ2n) is 6.02. The van der Waals surface area contributed by atoms with Gasteiger partial charge in [-0.1, -0.05) is 12.8 Å². The molecule has 2 fully saturated rings. The molecule has 0 bridgehead atoms. The molecule has 3 N–H and O–H groups in total. The molecule has 108 valence electrons. The van der Waals surface area contributed by atoms with E-state index in [1.165, 1.54) is 50.7 Å². The summed E-state index contributed by atoms with van der Waals surface area (Å²) in [6.07, 6.45) is 7.59. The van der Waals surface area contributed by atoms with Gasteiger partial charge in [0.1, 0.15) is 11.7 Å². The van der Waals surface area contributed by atoms with Crippen molar-refractivity contribution in [1.29, 1.82) is 5.41 Å². The van der Waals surface area contributed by atoms with E-state index in [-0.39, 0.29) is 11.7 Å². The van der Waals surface area contributed by atoms with Crippen LogP contribution in [0.25, 0.3) is 0 Å². The quantitative estimate of drug-likeness (QED) is 0.643. The zero-order valence-electron chi connectivity index (χ0n) is 11.7. The molecule has 1 saturated carbocycles. The van der Waals surface area contributed by atoms with Crippen LogP contribution in [0.3, 0.4) is 0 Å². The van der Waals surface area contributed by atoms with E-state index in [0.717, 1.165) is 18.2 Å². The minimum atomic E-state index is -0.323. The van der Waals surface area contributed by atoms with Crippen molar-refractivity contribution in [1.82, 2.24) is 0 Å². The van der Waals surface area contributed by atoms with Gasteiger partial charge in [0.25, 0.3) is 0 Å². The predicted octanol–water partition coefficient (Wildman–Crippen LogP) is 3.27. The average molecular weight is 275 g/mol. The normalized spacial score (nSPS) is 26.1. The van der Waals surface area contributed by atoms with Crippen LogP contribution in [-0.4, -0.2) is 18.4 Å². The summed E-state index contributed by atoms with van der Waals surface area (Å²) in [5.41, 5.74) is 7.13. The topological polar surface area (TPSA) is 53.1 Å². The Morgan fingerprint density at radius 2 is 1.95 bits per heavy atom. The lowest BCUT2D eigenvalue weighted by Crippen LogP contribution is -2.47. The number of fused-ring (bicyclic) bond motifs is 1. The standard InChI is InChI=1S/C16H22FN3/c17-12-7-8-15(13(10-12)16(18)19)20-9-3-5-11-4-1-2-6-14(11)20/h7-8,10-11,14H,1-6,9H2,(H3,18,19). The van der Waals surface area contributed by atoms with Gasteiger partial charge in [0.15, 0.2) is 0 Å². The van der Waals surface area contributed by atoms with E-state index in [4.69, 9.17) is 11.1 Å². The van der Waals surface area contributed by atoms with Gasteiger partial charge in [-0.25, -0.2) is 4.39 Å². The van der Waals surface area contributed by atoms with Crippen LogP contribution >= 0.6 is 0 Å². The van der Waals surface area contributed by atoms with Gasteiger partial charge in [-0.2, -0.15) is 0 Å². The lowest BCUT2D eigenvalue weighted by atomic mass is 9.78. The first-order chi connectivity index (χ1) is 9.66. The Morgan fingerprint density at radius 1 is 1.20 bits per heavy atom. The summed E-state index contributed by atoms with van der Waals surface area (Å²) in [5, 5.41) is 7.71. The zero-order chi connectivity index (χ0) is 14.1. The first-order valence-electron chi connectivity index (χ1n) is 7.57. The van der Waals surface area contributed by atoms with Crippen molar-refractivity contribution in [3.63, 3.8) is 0 Å². The Hall–Kier alpha value is -1.58. The highest BCUT2D eigenvalue weighted by atomic mass is 19.1. The number of piperidine rings is 1. The van der Waals surface area contributed by atoms with E-state index in [2.05, 4.69) is 4.90 Å². The van der Waals surface area contributed by atoms with Crippen LogP contribution in [0.15, 0.2) is 18.2 Å². The Morgan fingerprint density at radius 3 is 2.75 bits per heavy atom. The molecule has 2 unspecified atom stereocenters. The number of anilines is 1. The minimum Gasteiger partial charge on any atom is -0.384 e. The number of rotatable bonds is 2. The molecule has 2 atom stereocenters. The molecular weight excluding hydrogens is 253 g/mol. The summed E-state index contributed by atoms with van der Waals surface area (Å²) in [7, 11) is 0. The summed E-state index contributed by atoms with van der Waals surface area (Å²) in [6.45, 7) is 0.993. The Labute approximate surface area is 119 Å². The number of hydrogen-bond acceptors (Lipinski definition) is 2. The summed E-state index contributed by atoms with van der Waals surface area (Å²) < 4.78 is 13.4. The van der Waals surface area contributed by atoms with E-state index in [1.54, 1.807) is 6.07 Å². The number of amidine groups is 1. The van der Waals surface area contributed by atoms with E-state index >= 15 is 0 Å². The smallest absolute Gasteiger partial charge is 0.125 e. The van der Waals surface area contributed by atoms with Gasteiger partial charge < -0.3 is 10.6 Å². The fraction of sp³-hybridized carbons (Fsp3) is 0.562. The first-order valence-corrected chi connectivity index (χ1v) is 7.57. The number of benzene rings is 1. The van der Waals surface area contributed by atoms with Crippen LogP contribution in [0.1, 0.15) is 44.1 Å². The van der Waals surface area contributed by atoms with Crippen LogP contribution in [-0.2, 0) is 0 Å². The summed E-state index contributed by atoms with van der Waals surface area (Å²) in [4.78, 5) is 2.38. The van der Waals surface area contributed by atoms with Crippen molar-refractivity contribution < 1.29 is 4.39 Å². The number of nitrogens with one attached hydrogen (secondary N) is 1. The predicted molar refractivity (Wildman–Crippen MR) is 79.7 cm³/mol. The van der Waals surface area contributed by atoms with Gasteiger partial charge in [0.2, 0.25) is 0 Å². The molecular formula is C16H22FN3. The van der Waals surface area contributed by atoms with E-state index in [1.807, 2.05) is 0 Å². The van der Waals surface area contributed by atoms with Gasteiger partial charge in [-0.3, -0.25) is 5.41 Å². The third-order valence-electron chi connectivity index (χ3n) is 4.80. The second kappa shape index (κ2) is 5.43. The van der Waals surface area contributed by atoms with Crippen molar-refractivity contribution in [2.45, 2.75) is 44.6 Å². The summed E-state index contributed by atoms with van der Waals surface area (Å²) >= 11 is 0. The molecule has 3 nitrogen and oxygen atoms in total. The Bertz CT molecular complexity index is 512. The van der Waals surface area contributed by atoms with Gasteiger partial charge >= 0.3 is 0 Å². The maximum atomic E-state index is 13.4. The molecule has 1 aromatic rings. The number of nitrogen functional groups attached to an aromatic ring is 1. The lowest BCUT2D eigenvalue weighted by molar-refractivity contribution is 0.244. The second-order valence-corrected chi connectivity index (χ2v) is 6.02. The monoisotopic (exact) mass is 275 g/mol. The van der Waals surface area contributed by atoms with Crippen LogP contribution in [0.4, 0.5) is 10.1 Å². The van der Waals surface area contributed by atoms with Crippen LogP contribution in [0.2, 0.25) is 0 Å². The average Bonchev–Trinajstić information content (AvgIpc) is 2.46. The van der Waals surface area contributed by atoms with Crippen LogP contribution in [0.5, 0.6) is 0 Å². The molecule has 2 aliphatic rings.